The molecule has 3 fully saturated rings. The van der Waals surface area contributed by atoms with E-state index in [1.807, 2.05) is 0 Å². The second kappa shape index (κ2) is 5.41. The summed E-state index contributed by atoms with van der Waals surface area (Å²) >= 11 is 0. The largest absolute Gasteiger partial charge is 0.380 e. The maximum atomic E-state index is 13.0. The van der Waals surface area contributed by atoms with Gasteiger partial charge in [0.15, 0.2) is 0 Å². The maximum Gasteiger partial charge on any atom is 0.230 e. The Morgan fingerprint density at radius 1 is 1.32 bits per heavy atom. The molecule has 1 saturated carbocycles. The average molecular weight is 266 g/mol. The Kier molecular flexibility index (Phi) is 3.81. The molecule has 1 amide bonds. The number of nitrogens with one attached hydrogen (secondary N) is 1. The fourth-order valence-corrected chi connectivity index (χ4v) is 4.30. The molecule has 1 N–H and O–H groups in total. The maximum absolute atomic E-state index is 13.0. The number of piperidine rings is 1. The number of carbonyl (C=O) groups is 1. The number of methoxy groups -OCH3 is 1. The van der Waals surface area contributed by atoms with Gasteiger partial charge in [-0.15, -0.1) is 0 Å². The average Bonchev–Trinajstić information content (AvgIpc) is 2.91. The predicted molar refractivity (Wildman–Crippen MR) is 73.9 cm³/mol. The summed E-state index contributed by atoms with van der Waals surface area (Å²) in [5, 5.41) is 3.47. The van der Waals surface area contributed by atoms with Gasteiger partial charge < -0.3 is 15.0 Å². The lowest BCUT2D eigenvalue weighted by Crippen LogP contribution is -2.53. The van der Waals surface area contributed by atoms with E-state index in [0.29, 0.717) is 11.8 Å². The number of ether oxygens (including phenoxy) is 1. The normalized spacial score (nSPS) is 39.1. The molecule has 2 heterocycles. The Morgan fingerprint density at radius 2 is 2.21 bits per heavy atom. The number of nitrogens with zero attached hydrogens (tertiary/aromatic N) is 1. The monoisotopic (exact) mass is 266 g/mol. The third kappa shape index (κ3) is 2.29. The predicted octanol–water partition coefficient (Wildman–Crippen LogP) is 1.40. The van der Waals surface area contributed by atoms with E-state index in [4.69, 9.17) is 4.74 Å². The van der Waals surface area contributed by atoms with Gasteiger partial charge in [-0.3, -0.25) is 4.79 Å². The first kappa shape index (κ1) is 13.4. The molecule has 1 aliphatic carbocycles. The molecule has 0 spiro atoms. The molecular weight excluding hydrogens is 240 g/mol. The van der Waals surface area contributed by atoms with Crippen molar-refractivity contribution in [2.24, 2.45) is 11.3 Å². The van der Waals surface area contributed by atoms with Gasteiger partial charge in [-0.05, 0) is 38.1 Å². The minimum Gasteiger partial charge on any atom is -0.380 e. The minimum atomic E-state index is -0.0894. The highest BCUT2D eigenvalue weighted by molar-refractivity contribution is 5.84. The highest BCUT2D eigenvalue weighted by Gasteiger charge is 2.51. The van der Waals surface area contributed by atoms with E-state index in [-0.39, 0.29) is 11.5 Å². The van der Waals surface area contributed by atoms with Crippen LogP contribution in [0.15, 0.2) is 0 Å². The number of amides is 1. The van der Waals surface area contributed by atoms with Crippen molar-refractivity contribution in [3.63, 3.8) is 0 Å². The van der Waals surface area contributed by atoms with Gasteiger partial charge in [-0.1, -0.05) is 12.8 Å². The molecule has 4 heteroatoms. The summed E-state index contributed by atoms with van der Waals surface area (Å²) in [6.07, 6.45) is 7.23. The van der Waals surface area contributed by atoms with Crippen molar-refractivity contribution < 1.29 is 9.53 Å². The van der Waals surface area contributed by atoms with Gasteiger partial charge in [-0.25, -0.2) is 0 Å². The number of carbonyl (C=O) groups excluding carboxylic acids is 1. The van der Waals surface area contributed by atoms with Gasteiger partial charge in [0.25, 0.3) is 0 Å². The van der Waals surface area contributed by atoms with Gasteiger partial charge in [0, 0.05) is 26.7 Å². The smallest absolute Gasteiger partial charge is 0.230 e. The number of fused-ring (bicyclic) bond motifs is 1. The molecule has 0 aromatic rings. The highest BCUT2D eigenvalue weighted by Crippen LogP contribution is 2.45. The molecule has 19 heavy (non-hydrogen) atoms. The topological polar surface area (TPSA) is 41.6 Å². The van der Waals surface area contributed by atoms with Gasteiger partial charge >= 0.3 is 0 Å². The first-order chi connectivity index (χ1) is 9.26. The second-order valence-corrected chi connectivity index (χ2v) is 6.48. The Labute approximate surface area is 115 Å². The molecule has 3 aliphatic rings. The Morgan fingerprint density at radius 3 is 3.05 bits per heavy atom. The number of rotatable bonds is 2. The molecule has 0 aromatic heterocycles. The van der Waals surface area contributed by atoms with Gasteiger partial charge in [0.05, 0.1) is 11.5 Å². The van der Waals surface area contributed by atoms with E-state index in [1.165, 1.54) is 19.3 Å². The summed E-state index contributed by atoms with van der Waals surface area (Å²) in [6.45, 7) is 3.65. The summed E-state index contributed by atoms with van der Waals surface area (Å²) < 4.78 is 5.46. The van der Waals surface area contributed by atoms with Crippen LogP contribution in [0.2, 0.25) is 0 Å². The van der Waals surface area contributed by atoms with Crippen molar-refractivity contribution >= 4 is 5.91 Å². The van der Waals surface area contributed by atoms with Crippen LogP contribution < -0.4 is 5.32 Å². The summed E-state index contributed by atoms with van der Waals surface area (Å²) in [5.74, 6) is 0.973. The Hall–Kier alpha value is -0.610. The lowest BCUT2D eigenvalue weighted by Gasteiger charge is -2.43. The number of hydrogen-bond donors (Lipinski definition) is 1. The van der Waals surface area contributed by atoms with Crippen molar-refractivity contribution in [1.82, 2.24) is 10.2 Å². The van der Waals surface area contributed by atoms with Crippen LogP contribution in [0.5, 0.6) is 0 Å². The SMILES string of the molecule is COC1CCCN(C(=O)[C@@]23CCCC[C@H]2CNC3)C1. The van der Waals surface area contributed by atoms with Crippen molar-refractivity contribution in [2.45, 2.75) is 44.6 Å². The summed E-state index contributed by atoms with van der Waals surface area (Å²) in [7, 11) is 1.76. The molecule has 0 aromatic carbocycles. The Balaban J connectivity index is 1.74. The fraction of sp³-hybridized carbons (Fsp3) is 0.933. The lowest BCUT2D eigenvalue weighted by atomic mass is 9.67. The van der Waals surface area contributed by atoms with Crippen LogP contribution in [-0.4, -0.2) is 50.2 Å². The van der Waals surface area contributed by atoms with Crippen LogP contribution in [-0.2, 0) is 9.53 Å². The third-order valence-corrected chi connectivity index (χ3v) is 5.46. The van der Waals surface area contributed by atoms with Crippen LogP contribution in [0.3, 0.4) is 0 Å². The van der Waals surface area contributed by atoms with Crippen LogP contribution >= 0.6 is 0 Å². The van der Waals surface area contributed by atoms with E-state index in [1.54, 1.807) is 7.11 Å². The zero-order valence-corrected chi connectivity index (χ0v) is 12.0. The molecule has 0 radical (unpaired) electrons. The summed E-state index contributed by atoms with van der Waals surface area (Å²) in [5.41, 5.74) is -0.0894. The van der Waals surface area contributed by atoms with Crippen LogP contribution in [0.25, 0.3) is 0 Å². The van der Waals surface area contributed by atoms with Crippen molar-refractivity contribution in [3.8, 4) is 0 Å². The van der Waals surface area contributed by atoms with Crippen LogP contribution in [0.1, 0.15) is 38.5 Å². The van der Waals surface area contributed by atoms with E-state index < -0.39 is 0 Å². The van der Waals surface area contributed by atoms with Crippen molar-refractivity contribution in [3.05, 3.63) is 0 Å². The molecule has 2 aliphatic heterocycles. The molecule has 2 saturated heterocycles. The second-order valence-electron chi connectivity index (χ2n) is 6.48. The Bertz CT molecular complexity index is 347. The molecule has 3 rings (SSSR count). The van der Waals surface area contributed by atoms with Crippen LogP contribution in [0, 0.1) is 11.3 Å². The van der Waals surface area contributed by atoms with Gasteiger partial charge in [0.2, 0.25) is 5.91 Å². The third-order valence-electron chi connectivity index (χ3n) is 5.46. The molecule has 4 nitrogen and oxygen atoms in total. The highest BCUT2D eigenvalue weighted by atomic mass is 16.5. The zero-order valence-electron chi connectivity index (χ0n) is 12.0. The van der Waals surface area contributed by atoms with Gasteiger partial charge in [-0.2, -0.15) is 0 Å². The first-order valence-corrected chi connectivity index (χ1v) is 7.79. The van der Waals surface area contributed by atoms with Crippen molar-refractivity contribution in [2.75, 3.05) is 33.3 Å². The molecule has 0 bridgehead atoms. The summed E-state index contributed by atoms with van der Waals surface area (Å²) in [6, 6.07) is 0. The fourth-order valence-electron chi connectivity index (χ4n) is 4.30. The number of hydrogen-bond acceptors (Lipinski definition) is 3. The first-order valence-electron chi connectivity index (χ1n) is 7.79. The van der Waals surface area contributed by atoms with E-state index in [0.717, 1.165) is 45.4 Å². The lowest BCUT2D eigenvalue weighted by molar-refractivity contribution is -0.149. The summed E-state index contributed by atoms with van der Waals surface area (Å²) in [4.78, 5) is 15.1. The van der Waals surface area contributed by atoms with E-state index in [2.05, 4.69) is 10.2 Å². The standard InChI is InChI=1S/C15H26N2O2/c1-19-13-6-4-8-17(10-13)14(18)15-7-3-2-5-12(15)9-16-11-15/h12-13,16H,2-11H2,1H3/t12-,13?,15+/m0/s1. The molecule has 108 valence electrons. The quantitative estimate of drug-likeness (QED) is 0.821. The van der Waals surface area contributed by atoms with Crippen molar-refractivity contribution in [1.29, 1.82) is 0 Å². The minimum absolute atomic E-state index is 0.0894. The zero-order chi connectivity index (χ0) is 13.3. The van der Waals surface area contributed by atoms with Gasteiger partial charge in [0.1, 0.15) is 0 Å². The van der Waals surface area contributed by atoms with E-state index >= 15 is 0 Å². The molecule has 1 unspecified atom stereocenters. The molecule has 3 atom stereocenters. The molecular formula is C15H26N2O2. The van der Waals surface area contributed by atoms with Crippen LogP contribution in [0.4, 0.5) is 0 Å². The van der Waals surface area contributed by atoms with E-state index in [9.17, 15) is 4.79 Å². The number of likely N-dealkylation sites (tertiary alicyclic amines) is 1.